The van der Waals surface area contributed by atoms with Gasteiger partial charge in [-0.15, -0.1) is 0 Å². The maximum absolute atomic E-state index is 12.8. The molecule has 1 aromatic rings. The minimum absolute atomic E-state index is 0.0128. The van der Waals surface area contributed by atoms with Gasteiger partial charge >= 0.3 is 5.97 Å². The molecule has 0 N–H and O–H groups in total. The molecule has 3 aliphatic rings. The van der Waals surface area contributed by atoms with E-state index in [1.807, 2.05) is 0 Å². The molecule has 3 nitrogen and oxygen atoms in total. The summed E-state index contributed by atoms with van der Waals surface area (Å²) in [6.45, 7) is 4.69. The van der Waals surface area contributed by atoms with E-state index in [4.69, 9.17) is 4.74 Å². The number of carbonyl (C=O) groups excluding carboxylic acids is 1. The molecule has 3 unspecified atom stereocenters. The SMILES string of the molecule is CC(C)[N+]1(C)[C@@H]2CC[C@H]1CC(OC(=O)CC1CCCC=C1c1ccccc1)C2. The van der Waals surface area contributed by atoms with Crippen LogP contribution < -0.4 is 0 Å². The molecule has 0 amide bonds. The van der Waals surface area contributed by atoms with Crippen molar-refractivity contribution in [3.05, 3.63) is 42.0 Å². The molecule has 5 atom stereocenters. The highest BCUT2D eigenvalue weighted by Gasteiger charge is 2.53. The predicted molar refractivity (Wildman–Crippen MR) is 114 cm³/mol. The number of hydrogen-bond acceptors (Lipinski definition) is 2. The second kappa shape index (κ2) is 8.02. The molecule has 3 heteroatoms. The minimum Gasteiger partial charge on any atom is -0.462 e. The lowest BCUT2D eigenvalue weighted by atomic mass is 9.82. The second-order valence-corrected chi connectivity index (χ2v) is 9.64. The van der Waals surface area contributed by atoms with Crippen molar-refractivity contribution >= 4 is 11.5 Å². The van der Waals surface area contributed by atoms with Gasteiger partial charge in [0.05, 0.1) is 31.6 Å². The summed E-state index contributed by atoms with van der Waals surface area (Å²) in [5.74, 6) is 0.319. The topological polar surface area (TPSA) is 26.3 Å². The standard InChI is InChI=1S/C25H36NO2/c1-18(2)26(3)21-13-14-22(26)17-23(16-21)28-25(27)15-20-11-7-8-12-24(20)19-9-5-4-6-10-19/h4-6,9-10,12,18,20-23H,7-8,11,13-17H2,1-3H3/q+1/t20?,21-,22+,23?,26?. The summed E-state index contributed by atoms with van der Waals surface area (Å²) < 4.78 is 7.23. The molecule has 2 heterocycles. The number of esters is 1. The van der Waals surface area contributed by atoms with E-state index in [-0.39, 0.29) is 12.1 Å². The second-order valence-electron chi connectivity index (χ2n) is 9.64. The molecule has 2 aliphatic heterocycles. The summed E-state index contributed by atoms with van der Waals surface area (Å²) in [5, 5.41) is 0. The predicted octanol–water partition coefficient (Wildman–Crippen LogP) is 5.35. The Hall–Kier alpha value is -1.61. The van der Waals surface area contributed by atoms with Crippen LogP contribution in [-0.4, -0.2) is 41.7 Å². The van der Waals surface area contributed by atoms with Crippen LogP contribution in [0.4, 0.5) is 0 Å². The lowest BCUT2D eigenvalue weighted by Gasteiger charge is -2.49. The van der Waals surface area contributed by atoms with Crippen LogP contribution in [0.3, 0.4) is 0 Å². The Labute approximate surface area is 170 Å². The van der Waals surface area contributed by atoms with E-state index in [0.717, 1.165) is 25.7 Å². The first kappa shape index (κ1) is 19.7. The van der Waals surface area contributed by atoms with Gasteiger partial charge in [0, 0.05) is 25.7 Å². The number of allylic oxidation sites excluding steroid dienone is 2. The van der Waals surface area contributed by atoms with Crippen molar-refractivity contribution in [2.75, 3.05) is 7.05 Å². The van der Waals surface area contributed by atoms with Gasteiger partial charge in [0.2, 0.25) is 0 Å². The first-order valence-corrected chi connectivity index (χ1v) is 11.3. The summed E-state index contributed by atoms with van der Waals surface area (Å²) in [7, 11) is 2.42. The van der Waals surface area contributed by atoms with Crippen molar-refractivity contribution in [1.82, 2.24) is 0 Å². The average Bonchev–Trinajstić information content (AvgIpc) is 2.87. The normalized spacial score (nSPS) is 34.9. The Balaban J connectivity index is 1.37. The molecule has 152 valence electrons. The summed E-state index contributed by atoms with van der Waals surface area (Å²) in [5.41, 5.74) is 2.61. The Morgan fingerprint density at radius 1 is 1.11 bits per heavy atom. The van der Waals surface area contributed by atoms with Gasteiger partial charge in [0.1, 0.15) is 6.10 Å². The highest BCUT2D eigenvalue weighted by molar-refractivity contribution is 5.76. The van der Waals surface area contributed by atoms with Crippen molar-refractivity contribution < 1.29 is 14.0 Å². The minimum atomic E-state index is 0.0128. The van der Waals surface area contributed by atoms with Crippen LogP contribution in [-0.2, 0) is 9.53 Å². The maximum Gasteiger partial charge on any atom is 0.306 e. The third-order valence-electron chi connectivity index (χ3n) is 7.97. The smallest absolute Gasteiger partial charge is 0.306 e. The van der Waals surface area contributed by atoms with Crippen LogP contribution in [0.5, 0.6) is 0 Å². The molecule has 0 saturated carbocycles. The molecule has 2 bridgehead atoms. The number of carbonyl (C=O) groups is 1. The number of rotatable bonds is 5. The first-order chi connectivity index (χ1) is 13.5. The van der Waals surface area contributed by atoms with Crippen molar-refractivity contribution in [2.45, 2.75) is 89.4 Å². The van der Waals surface area contributed by atoms with Gasteiger partial charge in [-0.3, -0.25) is 4.79 Å². The lowest BCUT2D eigenvalue weighted by Crippen LogP contribution is -2.62. The molecule has 1 aromatic carbocycles. The van der Waals surface area contributed by atoms with Gasteiger partial charge in [-0.1, -0.05) is 36.4 Å². The van der Waals surface area contributed by atoms with Crippen LogP contribution in [0, 0.1) is 5.92 Å². The Morgan fingerprint density at radius 3 is 2.43 bits per heavy atom. The highest BCUT2D eigenvalue weighted by Crippen LogP contribution is 2.44. The zero-order chi connectivity index (χ0) is 19.7. The van der Waals surface area contributed by atoms with E-state index in [1.165, 1.54) is 34.9 Å². The summed E-state index contributed by atoms with van der Waals surface area (Å²) >= 11 is 0. The Kier molecular flexibility index (Phi) is 5.64. The molecule has 0 aromatic heterocycles. The maximum atomic E-state index is 12.8. The molecule has 4 rings (SSSR count). The van der Waals surface area contributed by atoms with Gasteiger partial charge < -0.3 is 9.22 Å². The van der Waals surface area contributed by atoms with Gasteiger partial charge in [0.25, 0.3) is 0 Å². The number of hydrogen-bond donors (Lipinski definition) is 0. The highest BCUT2D eigenvalue weighted by atomic mass is 16.5. The van der Waals surface area contributed by atoms with Crippen molar-refractivity contribution in [3.63, 3.8) is 0 Å². The fraction of sp³-hybridized carbons (Fsp3) is 0.640. The van der Waals surface area contributed by atoms with E-state index in [1.54, 1.807) is 0 Å². The zero-order valence-electron chi connectivity index (χ0n) is 17.8. The molecule has 2 fully saturated rings. The molecular formula is C25H36NO2+. The van der Waals surface area contributed by atoms with E-state index < -0.39 is 0 Å². The van der Waals surface area contributed by atoms with E-state index in [9.17, 15) is 4.79 Å². The van der Waals surface area contributed by atoms with Gasteiger partial charge in [-0.25, -0.2) is 0 Å². The first-order valence-electron chi connectivity index (χ1n) is 11.3. The molecule has 2 saturated heterocycles. The Morgan fingerprint density at radius 2 is 1.79 bits per heavy atom. The average molecular weight is 383 g/mol. The number of benzene rings is 1. The quantitative estimate of drug-likeness (QED) is 0.507. The number of fused-ring (bicyclic) bond motifs is 2. The third kappa shape index (κ3) is 3.66. The zero-order valence-corrected chi connectivity index (χ0v) is 17.8. The van der Waals surface area contributed by atoms with Crippen molar-refractivity contribution in [2.24, 2.45) is 5.92 Å². The largest absolute Gasteiger partial charge is 0.462 e. The van der Waals surface area contributed by atoms with E-state index in [2.05, 4.69) is 57.3 Å². The van der Waals surface area contributed by atoms with Crippen molar-refractivity contribution in [1.29, 1.82) is 0 Å². The molecule has 28 heavy (non-hydrogen) atoms. The number of piperidine rings is 1. The van der Waals surface area contributed by atoms with E-state index in [0.29, 0.717) is 30.5 Å². The fourth-order valence-corrected chi connectivity index (χ4v) is 6.15. The number of ether oxygens (including phenoxy) is 1. The summed E-state index contributed by atoms with van der Waals surface area (Å²) in [6.07, 6.45) is 11.0. The Bertz CT molecular complexity index is 709. The summed E-state index contributed by atoms with van der Waals surface area (Å²) in [6, 6.07) is 12.5. The third-order valence-corrected chi connectivity index (χ3v) is 7.97. The van der Waals surface area contributed by atoms with Gasteiger partial charge in [-0.05, 0) is 50.2 Å². The molecule has 0 spiro atoms. The van der Waals surface area contributed by atoms with Crippen LogP contribution >= 0.6 is 0 Å². The number of nitrogens with zero attached hydrogens (tertiary/aromatic N) is 1. The van der Waals surface area contributed by atoms with Crippen LogP contribution in [0.15, 0.2) is 36.4 Å². The van der Waals surface area contributed by atoms with E-state index >= 15 is 0 Å². The van der Waals surface area contributed by atoms with Gasteiger partial charge in [-0.2, -0.15) is 0 Å². The monoisotopic (exact) mass is 382 g/mol. The number of quaternary nitrogens is 1. The lowest BCUT2D eigenvalue weighted by molar-refractivity contribution is -0.968. The van der Waals surface area contributed by atoms with Crippen LogP contribution in [0.2, 0.25) is 0 Å². The fourth-order valence-electron chi connectivity index (χ4n) is 6.15. The van der Waals surface area contributed by atoms with Gasteiger partial charge in [0.15, 0.2) is 0 Å². The van der Waals surface area contributed by atoms with Crippen LogP contribution in [0.25, 0.3) is 5.57 Å². The van der Waals surface area contributed by atoms with Crippen LogP contribution in [0.1, 0.15) is 70.8 Å². The molecular weight excluding hydrogens is 346 g/mol. The summed E-state index contributed by atoms with van der Waals surface area (Å²) in [4.78, 5) is 12.8. The molecule has 0 radical (unpaired) electrons. The molecule has 1 aliphatic carbocycles. The van der Waals surface area contributed by atoms with Crippen molar-refractivity contribution in [3.8, 4) is 0 Å².